The second-order valence-corrected chi connectivity index (χ2v) is 10.5. The molecule has 0 bridgehead atoms. The maximum Gasteiger partial charge on any atom is 0.343 e. The van der Waals surface area contributed by atoms with Crippen molar-refractivity contribution in [3.63, 3.8) is 0 Å². The van der Waals surface area contributed by atoms with Gasteiger partial charge in [-0.05, 0) is 83.7 Å². The van der Waals surface area contributed by atoms with E-state index in [-0.39, 0.29) is 54.7 Å². The monoisotopic (exact) mass is 522 g/mol. The lowest BCUT2D eigenvalue weighted by molar-refractivity contribution is -0.172. The fourth-order valence-electron chi connectivity index (χ4n) is 6.35. The summed E-state index contributed by atoms with van der Waals surface area (Å²) >= 11 is 0. The SMILES string of the molecule is C=C1/C(=C2\c3c(CCC)cc(F)c(C)c3CCC2NCCO)Cn2c1cc1c(c2=O)COC(=O)C1(O)CC. The standard InChI is InChI=1S/C30H35FN2O5/c1-5-7-18-12-23(31)16(3)19-8-9-24(32-10-11-34)27(26(18)19)20-14-33-25(17(20)4)13-22-21(28(33)35)15-38-29(36)30(22,37)6-2/h12-13,24,32,34,37H,4-11,14-15H2,1-3H3/b27-20-. The molecule has 38 heavy (non-hydrogen) atoms. The van der Waals surface area contributed by atoms with Gasteiger partial charge in [0, 0.05) is 18.2 Å². The number of esters is 1. The van der Waals surface area contributed by atoms with E-state index in [1.807, 2.05) is 6.92 Å². The fraction of sp³-hybridized carbons (Fsp3) is 0.467. The van der Waals surface area contributed by atoms with Crippen molar-refractivity contribution >= 4 is 17.1 Å². The lowest BCUT2D eigenvalue weighted by atomic mass is 9.75. The van der Waals surface area contributed by atoms with Crippen LogP contribution in [0.4, 0.5) is 4.39 Å². The van der Waals surface area contributed by atoms with E-state index in [1.165, 1.54) is 0 Å². The molecule has 2 unspecified atom stereocenters. The molecule has 3 aliphatic rings. The number of aliphatic hydroxyl groups excluding tert-OH is 1. The van der Waals surface area contributed by atoms with Crippen LogP contribution in [0, 0.1) is 12.7 Å². The van der Waals surface area contributed by atoms with E-state index in [0.29, 0.717) is 42.6 Å². The second kappa shape index (κ2) is 9.91. The number of ether oxygens (including phenoxy) is 1. The lowest BCUT2D eigenvalue weighted by Gasteiger charge is -2.33. The van der Waals surface area contributed by atoms with Crippen LogP contribution in [0.1, 0.15) is 72.2 Å². The van der Waals surface area contributed by atoms with E-state index in [2.05, 4.69) is 18.8 Å². The zero-order chi connectivity index (χ0) is 27.4. The average molecular weight is 523 g/mol. The summed E-state index contributed by atoms with van der Waals surface area (Å²) in [6.07, 6.45) is 3.05. The highest BCUT2D eigenvalue weighted by atomic mass is 19.1. The summed E-state index contributed by atoms with van der Waals surface area (Å²) in [6.45, 7) is 10.4. The molecule has 3 heterocycles. The van der Waals surface area contributed by atoms with E-state index in [4.69, 9.17) is 4.74 Å². The number of aromatic nitrogens is 1. The van der Waals surface area contributed by atoms with Crippen molar-refractivity contribution in [2.45, 2.75) is 77.7 Å². The van der Waals surface area contributed by atoms with Gasteiger partial charge < -0.3 is 24.8 Å². The molecule has 0 saturated carbocycles. The van der Waals surface area contributed by atoms with Gasteiger partial charge >= 0.3 is 5.97 Å². The molecule has 8 heteroatoms. The number of rotatable bonds is 6. The van der Waals surface area contributed by atoms with E-state index < -0.39 is 11.6 Å². The Bertz CT molecular complexity index is 1440. The topological polar surface area (TPSA) is 101 Å². The number of allylic oxidation sites excluding steroid dienone is 2. The summed E-state index contributed by atoms with van der Waals surface area (Å²) in [4.78, 5) is 26.1. The molecule has 0 amide bonds. The number of aryl methyl sites for hydroxylation is 1. The molecule has 1 aromatic carbocycles. The van der Waals surface area contributed by atoms with Crippen LogP contribution in [-0.2, 0) is 41.1 Å². The Balaban J connectivity index is 1.76. The first-order valence-corrected chi connectivity index (χ1v) is 13.4. The molecule has 3 N–H and O–H groups in total. The van der Waals surface area contributed by atoms with Crippen molar-refractivity contribution in [1.82, 2.24) is 9.88 Å². The van der Waals surface area contributed by atoms with Crippen LogP contribution >= 0.6 is 0 Å². The summed E-state index contributed by atoms with van der Waals surface area (Å²) in [5.41, 5.74) is 4.97. The number of fused-ring (bicyclic) bond motifs is 3. The molecule has 2 atom stereocenters. The third-order valence-electron chi connectivity index (χ3n) is 8.42. The molecule has 0 fully saturated rings. The van der Waals surface area contributed by atoms with Gasteiger partial charge in [0.25, 0.3) is 5.56 Å². The van der Waals surface area contributed by atoms with Gasteiger partial charge in [-0.25, -0.2) is 9.18 Å². The van der Waals surface area contributed by atoms with Crippen molar-refractivity contribution in [2.24, 2.45) is 0 Å². The molecule has 1 aliphatic carbocycles. The number of pyridine rings is 1. The minimum Gasteiger partial charge on any atom is -0.458 e. The van der Waals surface area contributed by atoms with E-state index >= 15 is 0 Å². The van der Waals surface area contributed by atoms with Crippen molar-refractivity contribution in [3.05, 3.63) is 79.5 Å². The maximum atomic E-state index is 15.0. The number of nitrogens with zero attached hydrogens (tertiary/aromatic N) is 1. The first-order chi connectivity index (χ1) is 18.2. The van der Waals surface area contributed by atoms with Crippen LogP contribution in [0.5, 0.6) is 0 Å². The molecule has 7 nitrogen and oxygen atoms in total. The lowest BCUT2D eigenvalue weighted by Crippen LogP contribution is -2.44. The summed E-state index contributed by atoms with van der Waals surface area (Å²) in [5, 5.41) is 24.2. The van der Waals surface area contributed by atoms with Gasteiger partial charge in [0.2, 0.25) is 0 Å². The van der Waals surface area contributed by atoms with Gasteiger partial charge in [-0.1, -0.05) is 26.8 Å². The van der Waals surface area contributed by atoms with Crippen LogP contribution in [0.2, 0.25) is 0 Å². The summed E-state index contributed by atoms with van der Waals surface area (Å²) < 4.78 is 21.8. The molecule has 202 valence electrons. The number of carbonyl (C=O) groups excluding carboxylic acids is 1. The molecule has 1 aromatic heterocycles. The Hall–Kier alpha value is -3.07. The smallest absolute Gasteiger partial charge is 0.343 e. The number of halogens is 1. The molecule has 0 saturated heterocycles. The van der Waals surface area contributed by atoms with Crippen LogP contribution in [0.3, 0.4) is 0 Å². The molecule has 0 radical (unpaired) electrons. The van der Waals surface area contributed by atoms with Gasteiger partial charge in [0.1, 0.15) is 12.4 Å². The van der Waals surface area contributed by atoms with Crippen LogP contribution in [0.15, 0.2) is 29.1 Å². The summed E-state index contributed by atoms with van der Waals surface area (Å²) in [6, 6.07) is 3.23. The van der Waals surface area contributed by atoms with Gasteiger partial charge in [-0.3, -0.25) is 4.79 Å². The fourth-order valence-corrected chi connectivity index (χ4v) is 6.35. The zero-order valence-electron chi connectivity index (χ0n) is 22.2. The summed E-state index contributed by atoms with van der Waals surface area (Å²) in [7, 11) is 0. The number of hydrogen-bond acceptors (Lipinski definition) is 6. The molecular formula is C30H35FN2O5. The van der Waals surface area contributed by atoms with Crippen molar-refractivity contribution in [2.75, 3.05) is 13.2 Å². The Labute approximate surface area is 221 Å². The normalized spacial score (nSPS) is 24.2. The average Bonchev–Trinajstić information content (AvgIpc) is 3.24. The molecule has 2 aliphatic heterocycles. The van der Waals surface area contributed by atoms with Gasteiger partial charge in [-0.2, -0.15) is 0 Å². The van der Waals surface area contributed by atoms with Crippen LogP contribution < -0.4 is 10.9 Å². The predicted octanol–water partition coefficient (Wildman–Crippen LogP) is 3.28. The van der Waals surface area contributed by atoms with E-state index in [0.717, 1.165) is 34.3 Å². The van der Waals surface area contributed by atoms with E-state index in [9.17, 15) is 24.2 Å². The Morgan fingerprint density at radius 3 is 2.71 bits per heavy atom. The second-order valence-electron chi connectivity index (χ2n) is 10.5. The molecule has 5 rings (SSSR count). The highest BCUT2D eigenvalue weighted by molar-refractivity contribution is 5.94. The third kappa shape index (κ3) is 3.89. The third-order valence-corrected chi connectivity index (χ3v) is 8.42. The number of carbonyl (C=O) groups is 1. The molecule has 2 aromatic rings. The Kier molecular flexibility index (Phi) is 6.92. The van der Waals surface area contributed by atoms with Gasteiger partial charge in [0.15, 0.2) is 5.60 Å². The number of cyclic esters (lactones) is 1. The minimum atomic E-state index is -1.88. The summed E-state index contributed by atoms with van der Waals surface area (Å²) in [5.74, 6) is -0.963. The molecule has 0 spiro atoms. The van der Waals surface area contributed by atoms with Crippen LogP contribution in [-0.4, -0.2) is 39.9 Å². The van der Waals surface area contributed by atoms with Gasteiger partial charge in [-0.15, -0.1) is 0 Å². The number of aliphatic hydroxyl groups is 2. The predicted molar refractivity (Wildman–Crippen MR) is 143 cm³/mol. The maximum absolute atomic E-state index is 15.0. The van der Waals surface area contributed by atoms with Gasteiger partial charge in [0.05, 0.1) is 24.4 Å². The highest BCUT2D eigenvalue weighted by Crippen LogP contribution is 2.45. The Morgan fingerprint density at radius 2 is 2.03 bits per heavy atom. The molecular weight excluding hydrogens is 487 g/mol. The number of hydrogen-bond donors (Lipinski definition) is 3. The first kappa shape index (κ1) is 26.5. The largest absolute Gasteiger partial charge is 0.458 e. The first-order valence-electron chi connectivity index (χ1n) is 13.4. The zero-order valence-corrected chi connectivity index (χ0v) is 22.2. The van der Waals surface area contributed by atoms with E-state index in [1.54, 1.807) is 23.6 Å². The number of benzene rings is 1. The Morgan fingerprint density at radius 1 is 1.26 bits per heavy atom. The quantitative estimate of drug-likeness (QED) is 0.504. The van der Waals surface area contributed by atoms with Crippen LogP contribution in [0.25, 0.3) is 11.1 Å². The highest BCUT2D eigenvalue weighted by Gasteiger charge is 2.45. The number of nitrogens with one attached hydrogen (secondary N) is 1. The van der Waals surface area contributed by atoms with Crippen molar-refractivity contribution in [3.8, 4) is 0 Å². The van der Waals surface area contributed by atoms with Crippen molar-refractivity contribution in [1.29, 1.82) is 0 Å². The van der Waals surface area contributed by atoms with Crippen molar-refractivity contribution < 1.29 is 24.1 Å². The minimum absolute atomic E-state index is 0.0206.